The standard InChI is InChI=1S/C20H24F3N3O2/c21-20(22,23)19(28)25-10-5-15(6-11-25)18(27)26-12-7-14-3-4-16(13-17(14)26)24-8-1-2-9-24/h3-4,13,15H,1-2,5-12H2. The van der Waals surface area contributed by atoms with Gasteiger partial charge in [0, 0.05) is 50.0 Å². The highest BCUT2D eigenvalue weighted by molar-refractivity contribution is 5.97. The molecule has 0 aliphatic carbocycles. The van der Waals surface area contributed by atoms with Crippen molar-refractivity contribution in [3.8, 4) is 0 Å². The van der Waals surface area contributed by atoms with Crippen molar-refractivity contribution in [3.63, 3.8) is 0 Å². The zero-order chi connectivity index (χ0) is 19.9. The number of alkyl halides is 3. The summed E-state index contributed by atoms with van der Waals surface area (Å²) in [6.07, 6.45) is -1.15. The Balaban J connectivity index is 1.43. The predicted molar refractivity (Wildman–Crippen MR) is 99.3 cm³/mol. The first-order valence-electron chi connectivity index (χ1n) is 9.90. The lowest BCUT2D eigenvalue weighted by Crippen LogP contribution is -2.48. The highest BCUT2D eigenvalue weighted by atomic mass is 19.4. The van der Waals surface area contributed by atoms with E-state index in [0.717, 1.165) is 41.3 Å². The molecule has 0 atom stereocenters. The quantitative estimate of drug-likeness (QED) is 0.773. The van der Waals surface area contributed by atoms with Crippen LogP contribution in [-0.2, 0) is 16.0 Å². The third kappa shape index (κ3) is 3.56. The van der Waals surface area contributed by atoms with E-state index in [0.29, 0.717) is 6.54 Å². The van der Waals surface area contributed by atoms with Crippen molar-refractivity contribution in [2.75, 3.05) is 42.5 Å². The van der Waals surface area contributed by atoms with Gasteiger partial charge in [-0.1, -0.05) is 6.07 Å². The molecule has 3 aliphatic rings. The molecule has 1 aromatic rings. The molecule has 2 saturated heterocycles. The second kappa shape index (κ2) is 7.29. The van der Waals surface area contributed by atoms with Crippen LogP contribution in [0, 0.1) is 5.92 Å². The van der Waals surface area contributed by atoms with E-state index in [4.69, 9.17) is 0 Å². The van der Waals surface area contributed by atoms with Crippen LogP contribution in [0.2, 0.25) is 0 Å². The maximum absolute atomic E-state index is 13.1. The minimum Gasteiger partial charge on any atom is -0.371 e. The smallest absolute Gasteiger partial charge is 0.371 e. The van der Waals surface area contributed by atoms with Gasteiger partial charge in [0.15, 0.2) is 0 Å². The Morgan fingerprint density at radius 1 is 0.964 bits per heavy atom. The molecular weight excluding hydrogens is 371 g/mol. The van der Waals surface area contributed by atoms with Gasteiger partial charge in [0.05, 0.1) is 0 Å². The second-order valence-electron chi connectivity index (χ2n) is 7.81. The van der Waals surface area contributed by atoms with Crippen LogP contribution in [0.15, 0.2) is 18.2 Å². The zero-order valence-corrected chi connectivity index (χ0v) is 15.7. The first-order valence-corrected chi connectivity index (χ1v) is 9.90. The molecule has 1 aromatic carbocycles. The van der Waals surface area contributed by atoms with E-state index >= 15 is 0 Å². The van der Waals surface area contributed by atoms with Crippen LogP contribution >= 0.6 is 0 Å². The summed E-state index contributed by atoms with van der Waals surface area (Å²) < 4.78 is 37.8. The number of likely N-dealkylation sites (tertiary alicyclic amines) is 1. The van der Waals surface area contributed by atoms with E-state index in [1.165, 1.54) is 12.8 Å². The number of piperidine rings is 1. The average molecular weight is 395 g/mol. The molecule has 3 heterocycles. The number of hydrogen-bond donors (Lipinski definition) is 0. The first kappa shape index (κ1) is 19.1. The van der Waals surface area contributed by atoms with Crippen molar-refractivity contribution >= 4 is 23.2 Å². The van der Waals surface area contributed by atoms with E-state index in [1.807, 2.05) is 0 Å². The lowest BCUT2D eigenvalue weighted by molar-refractivity contribution is -0.186. The Morgan fingerprint density at radius 2 is 1.64 bits per heavy atom. The first-order chi connectivity index (χ1) is 13.3. The van der Waals surface area contributed by atoms with Crippen LogP contribution in [0.4, 0.5) is 24.5 Å². The summed E-state index contributed by atoms with van der Waals surface area (Å²) >= 11 is 0. The van der Waals surface area contributed by atoms with Crippen molar-refractivity contribution in [2.24, 2.45) is 5.92 Å². The lowest BCUT2D eigenvalue weighted by Gasteiger charge is -2.33. The van der Waals surface area contributed by atoms with Crippen LogP contribution in [0.25, 0.3) is 0 Å². The van der Waals surface area contributed by atoms with Crippen molar-refractivity contribution in [3.05, 3.63) is 23.8 Å². The van der Waals surface area contributed by atoms with Crippen molar-refractivity contribution in [1.29, 1.82) is 0 Å². The van der Waals surface area contributed by atoms with Crippen LogP contribution < -0.4 is 9.80 Å². The van der Waals surface area contributed by atoms with E-state index < -0.39 is 12.1 Å². The van der Waals surface area contributed by atoms with Gasteiger partial charge in [-0.15, -0.1) is 0 Å². The minimum absolute atomic E-state index is 0.0245. The molecule has 0 aromatic heterocycles. The summed E-state index contributed by atoms with van der Waals surface area (Å²) in [7, 11) is 0. The third-order valence-electron chi connectivity index (χ3n) is 6.08. The number of benzene rings is 1. The maximum atomic E-state index is 13.1. The fourth-order valence-electron chi connectivity index (χ4n) is 4.50. The van der Waals surface area contributed by atoms with Crippen molar-refractivity contribution in [2.45, 2.75) is 38.3 Å². The SMILES string of the molecule is O=C(C1CCN(C(=O)C(F)(F)F)CC1)N1CCc2ccc(N3CCCC3)cc21. The molecule has 0 radical (unpaired) electrons. The topological polar surface area (TPSA) is 43.9 Å². The van der Waals surface area contributed by atoms with Crippen LogP contribution in [0.3, 0.4) is 0 Å². The van der Waals surface area contributed by atoms with Gasteiger partial charge < -0.3 is 14.7 Å². The zero-order valence-electron chi connectivity index (χ0n) is 15.7. The highest BCUT2D eigenvalue weighted by Crippen LogP contribution is 2.35. The monoisotopic (exact) mass is 395 g/mol. The van der Waals surface area contributed by atoms with Gasteiger partial charge in [-0.3, -0.25) is 9.59 Å². The number of carbonyl (C=O) groups excluding carboxylic acids is 2. The van der Waals surface area contributed by atoms with Crippen molar-refractivity contribution in [1.82, 2.24) is 4.90 Å². The molecule has 2 amide bonds. The average Bonchev–Trinajstić information content (AvgIpc) is 3.35. The summed E-state index contributed by atoms with van der Waals surface area (Å²) in [6.45, 7) is 2.61. The number of carbonyl (C=O) groups is 2. The number of nitrogens with zero attached hydrogens (tertiary/aromatic N) is 3. The molecule has 8 heteroatoms. The van der Waals surface area contributed by atoms with E-state index in [9.17, 15) is 22.8 Å². The van der Waals surface area contributed by atoms with Crippen LogP contribution in [0.5, 0.6) is 0 Å². The second-order valence-corrected chi connectivity index (χ2v) is 7.81. The molecule has 0 bridgehead atoms. The predicted octanol–water partition coefficient (Wildman–Crippen LogP) is 2.98. The fraction of sp³-hybridized carbons (Fsp3) is 0.600. The van der Waals surface area contributed by atoms with Crippen LogP contribution in [-0.4, -0.2) is 55.6 Å². The molecule has 5 nitrogen and oxygen atoms in total. The molecule has 2 fully saturated rings. The fourth-order valence-corrected chi connectivity index (χ4v) is 4.50. The largest absolute Gasteiger partial charge is 0.471 e. The summed E-state index contributed by atoms with van der Waals surface area (Å²) in [5, 5.41) is 0. The van der Waals surface area contributed by atoms with Crippen LogP contribution in [0.1, 0.15) is 31.2 Å². The lowest BCUT2D eigenvalue weighted by atomic mass is 9.95. The number of anilines is 2. The molecule has 0 spiro atoms. The van der Waals surface area contributed by atoms with E-state index in [2.05, 4.69) is 23.1 Å². The number of hydrogen-bond acceptors (Lipinski definition) is 3. The number of rotatable bonds is 2. The molecule has 3 aliphatic heterocycles. The Bertz CT molecular complexity index is 766. The molecule has 152 valence electrons. The number of fused-ring (bicyclic) bond motifs is 1. The van der Waals surface area contributed by atoms with E-state index in [-0.39, 0.29) is 37.8 Å². The maximum Gasteiger partial charge on any atom is 0.471 e. The normalized spacial score (nSPS) is 20.6. The molecule has 4 rings (SSSR count). The molecule has 0 unspecified atom stereocenters. The van der Waals surface area contributed by atoms with Gasteiger partial charge >= 0.3 is 12.1 Å². The Labute approximate surface area is 162 Å². The van der Waals surface area contributed by atoms with Gasteiger partial charge in [0.25, 0.3) is 0 Å². The summed E-state index contributed by atoms with van der Waals surface area (Å²) in [6, 6.07) is 6.27. The van der Waals surface area contributed by atoms with E-state index in [1.54, 1.807) is 4.90 Å². The Hall–Kier alpha value is -2.25. The number of amides is 2. The minimum atomic E-state index is -4.85. The molecule has 28 heavy (non-hydrogen) atoms. The number of halogens is 3. The third-order valence-corrected chi connectivity index (χ3v) is 6.08. The Kier molecular flexibility index (Phi) is 4.97. The van der Waals surface area contributed by atoms with Gasteiger partial charge in [-0.2, -0.15) is 13.2 Å². The molecule has 0 saturated carbocycles. The summed E-state index contributed by atoms with van der Waals surface area (Å²) in [4.78, 5) is 29.4. The summed E-state index contributed by atoms with van der Waals surface area (Å²) in [5.41, 5.74) is 3.20. The summed E-state index contributed by atoms with van der Waals surface area (Å²) in [5.74, 6) is -2.17. The van der Waals surface area contributed by atoms with Crippen molar-refractivity contribution < 1.29 is 22.8 Å². The molecular formula is C20H24F3N3O2. The highest BCUT2D eigenvalue weighted by Gasteiger charge is 2.44. The van der Waals surface area contributed by atoms with Gasteiger partial charge in [-0.25, -0.2) is 0 Å². The van der Waals surface area contributed by atoms with Gasteiger partial charge in [-0.05, 0) is 49.8 Å². The Morgan fingerprint density at radius 3 is 2.29 bits per heavy atom. The van der Waals surface area contributed by atoms with Gasteiger partial charge in [0.1, 0.15) is 0 Å². The molecule has 0 N–H and O–H groups in total. The van der Waals surface area contributed by atoms with Gasteiger partial charge in [0.2, 0.25) is 5.91 Å².